The Morgan fingerprint density at radius 1 is 1.41 bits per heavy atom. The first kappa shape index (κ1) is 13.7. The van der Waals surface area contributed by atoms with Crippen molar-refractivity contribution >= 4 is 5.91 Å². The van der Waals surface area contributed by atoms with Gasteiger partial charge in [-0.05, 0) is 24.1 Å². The maximum Gasteiger partial charge on any atom is 0.220 e. The molecule has 4 nitrogen and oxygen atoms in total. The Hall–Kier alpha value is -1.39. The van der Waals surface area contributed by atoms with E-state index >= 15 is 0 Å². The molecule has 0 saturated heterocycles. The smallest absolute Gasteiger partial charge is 0.220 e. The minimum absolute atomic E-state index is 0.0487. The maximum absolute atomic E-state index is 11.4. The van der Waals surface area contributed by atoms with Crippen LogP contribution in [0.25, 0.3) is 0 Å². The van der Waals surface area contributed by atoms with Gasteiger partial charge in [0.05, 0.1) is 6.61 Å². The SMILES string of the molecule is COCc1cccc(CNC(=O)CCCN)c1. The lowest BCUT2D eigenvalue weighted by Crippen LogP contribution is -2.23. The summed E-state index contributed by atoms with van der Waals surface area (Å²) in [6, 6.07) is 7.99. The topological polar surface area (TPSA) is 64.3 Å². The van der Waals surface area contributed by atoms with Crippen molar-refractivity contribution < 1.29 is 9.53 Å². The second-order valence-electron chi connectivity index (χ2n) is 3.92. The van der Waals surface area contributed by atoms with Crippen molar-refractivity contribution in [2.45, 2.75) is 26.0 Å². The quantitative estimate of drug-likeness (QED) is 0.747. The molecule has 1 aromatic carbocycles. The fraction of sp³-hybridized carbons (Fsp3) is 0.462. The summed E-state index contributed by atoms with van der Waals surface area (Å²) < 4.78 is 5.06. The number of carbonyl (C=O) groups excluding carboxylic acids is 1. The molecule has 4 heteroatoms. The molecule has 94 valence electrons. The third-order valence-corrected chi connectivity index (χ3v) is 2.40. The summed E-state index contributed by atoms with van der Waals surface area (Å²) in [5.41, 5.74) is 7.54. The number of hydrogen-bond acceptors (Lipinski definition) is 3. The van der Waals surface area contributed by atoms with Crippen LogP contribution < -0.4 is 11.1 Å². The highest BCUT2D eigenvalue weighted by atomic mass is 16.5. The molecule has 0 aliphatic rings. The molecule has 1 rings (SSSR count). The summed E-state index contributed by atoms with van der Waals surface area (Å²) >= 11 is 0. The van der Waals surface area contributed by atoms with Crippen molar-refractivity contribution in [1.82, 2.24) is 5.32 Å². The lowest BCUT2D eigenvalue weighted by Gasteiger charge is -2.06. The number of nitrogens with one attached hydrogen (secondary N) is 1. The number of hydrogen-bond donors (Lipinski definition) is 2. The normalized spacial score (nSPS) is 10.2. The molecular formula is C13H20N2O2. The Kier molecular flexibility index (Phi) is 6.29. The van der Waals surface area contributed by atoms with E-state index in [0.29, 0.717) is 26.1 Å². The van der Waals surface area contributed by atoms with E-state index in [1.54, 1.807) is 7.11 Å². The Balaban J connectivity index is 2.40. The summed E-state index contributed by atoms with van der Waals surface area (Å²) in [4.78, 5) is 11.4. The summed E-state index contributed by atoms with van der Waals surface area (Å²) in [6.07, 6.45) is 1.23. The molecule has 0 fully saturated rings. The van der Waals surface area contributed by atoms with E-state index in [1.165, 1.54) is 0 Å². The molecule has 3 N–H and O–H groups in total. The zero-order valence-corrected chi connectivity index (χ0v) is 10.2. The molecule has 1 aromatic rings. The number of benzene rings is 1. The summed E-state index contributed by atoms with van der Waals surface area (Å²) in [6.45, 7) is 1.70. The van der Waals surface area contributed by atoms with Gasteiger partial charge in [-0.1, -0.05) is 24.3 Å². The Morgan fingerprint density at radius 2 is 2.18 bits per heavy atom. The lowest BCUT2D eigenvalue weighted by molar-refractivity contribution is -0.121. The first-order valence-electron chi connectivity index (χ1n) is 5.79. The third-order valence-electron chi connectivity index (χ3n) is 2.40. The second kappa shape index (κ2) is 7.81. The fourth-order valence-electron chi connectivity index (χ4n) is 1.55. The van der Waals surface area contributed by atoms with Crippen LogP contribution >= 0.6 is 0 Å². The van der Waals surface area contributed by atoms with Crippen molar-refractivity contribution in [3.8, 4) is 0 Å². The molecule has 0 atom stereocenters. The highest BCUT2D eigenvalue weighted by Crippen LogP contribution is 2.06. The molecule has 17 heavy (non-hydrogen) atoms. The lowest BCUT2D eigenvalue weighted by atomic mass is 10.1. The predicted octanol–water partition coefficient (Wildman–Crippen LogP) is 1.19. The molecule has 0 aliphatic heterocycles. The maximum atomic E-state index is 11.4. The van der Waals surface area contributed by atoms with E-state index < -0.39 is 0 Å². The number of methoxy groups -OCH3 is 1. The van der Waals surface area contributed by atoms with Crippen molar-refractivity contribution in [2.24, 2.45) is 5.73 Å². The highest BCUT2D eigenvalue weighted by Gasteiger charge is 2.01. The van der Waals surface area contributed by atoms with Crippen LogP contribution in [0.5, 0.6) is 0 Å². The van der Waals surface area contributed by atoms with Crippen molar-refractivity contribution in [3.63, 3.8) is 0 Å². The predicted molar refractivity (Wildman–Crippen MR) is 67.3 cm³/mol. The van der Waals surface area contributed by atoms with Crippen LogP contribution in [0, 0.1) is 0 Å². The van der Waals surface area contributed by atoms with Crippen molar-refractivity contribution in [1.29, 1.82) is 0 Å². The number of nitrogens with two attached hydrogens (primary N) is 1. The molecule has 0 radical (unpaired) electrons. The van der Waals surface area contributed by atoms with E-state index in [4.69, 9.17) is 10.5 Å². The standard InChI is InChI=1S/C13H20N2O2/c1-17-10-12-5-2-4-11(8-12)9-15-13(16)6-3-7-14/h2,4-5,8H,3,6-7,9-10,14H2,1H3,(H,15,16). The van der Waals surface area contributed by atoms with E-state index in [1.807, 2.05) is 24.3 Å². The average molecular weight is 236 g/mol. The van der Waals surface area contributed by atoms with Crippen LogP contribution in [0.15, 0.2) is 24.3 Å². The van der Waals surface area contributed by atoms with Crippen LogP contribution in [0.4, 0.5) is 0 Å². The molecule has 1 amide bonds. The molecule has 0 unspecified atom stereocenters. The Labute approximate surface area is 102 Å². The van der Waals surface area contributed by atoms with E-state index in [-0.39, 0.29) is 5.91 Å². The van der Waals surface area contributed by atoms with Gasteiger partial charge in [0.15, 0.2) is 0 Å². The Bertz CT molecular complexity index is 353. The first-order chi connectivity index (χ1) is 8.26. The second-order valence-corrected chi connectivity index (χ2v) is 3.92. The molecule has 0 bridgehead atoms. The molecular weight excluding hydrogens is 216 g/mol. The number of rotatable bonds is 7. The number of carbonyl (C=O) groups is 1. The summed E-state index contributed by atoms with van der Waals surface area (Å²) in [5, 5.41) is 2.87. The zero-order valence-electron chi connectivity index (χ0n) is 10.2. The first-order valence-corrected chi connectivity index (χ1v) is 5.79. The van der Waals surface area contributed by atoms with Gasteiger partial charge in [0.25, 0.3) is 0 Å². The molecule has 0 aliphatic carbocycles. The van der Waals surface area contributed by atoms with Crippen LogP contribution in [0.2, 0.25) is 0 Å². The van der Waals surface area contributed by atoms with Gasteiger partial charge in [-0.15, -0.1) is 0 Å². The number of amides is 1. The van der Waals surface area contributed by atoms with Gasteiger partial charge in [0.1, 0.15) is 0 Å². The number of ether oxygens (including phenoxy) is 1. The van der Waals surface area contributed by atoms with Gasteiger partial charge in [-0.2, -0.15) is 0 Å². The minimum Gasteiger partial charge on any atom is -0.380 e. The van der Waals surface area contributed by atoms with Crippen LogP contribution in [0.1, 0.15) is 24.0 Å². The van der Waals surface area contributed by atoms with E-state index in [0.717, 1.165) is 17.5 Å². The highest BCUT2D eigenvalue weighted by molar-refractivity contribution is 5.75. The van der Waals surface area contributed by atoms with E-state index in [9.17, 15) is 4.79 Å². The van der Waals surface area contributed by atoms with Crippen LogP contribution in [-0.4, -0.2) is 19.6 Å². The Morgan fingerprint density at radius 3 is 2.88 bits per heavy atom. The zero-order chi connectivity index (χ0) is 12.5. The fourth-order valence-corrected chi connectivity index (χ4v) is 1.55. The molecule has 0 spiro atoms. The largest absolute Gasteiger partial charge is 0.380 e. The monoisotopic (exact) mass is 236 g/mol. The van der Waals surface area contributed by atoms with E-state index in [2.05, 4.69) is 5.32 Å². The molecule has 0 heterocycles. The third kappa shape index (κ3) is 5.47. The van der Waals surface area contributed by atoms with Gasteiger partial charge in [-0.25, -0.2) is 0 Å². The molecule has 0 aromatic heterocycles. The van der Waals surface area contributed by atoms with Crippen LogP contribution in [-0.2, 0) is 22.7 Å². The summed E-state index contributed by atoms with van der Waals surface area (Å²) in [5.74, 6) is 0.0487. The van der Waals surface area contributed by atoms with Crippen molar-refractivity contribution in [3.05, 3.63) is 35.4 Å². The van der Waals surface area contributed by atoms with Crippen molar-refractivity contribution in [2.75, 3.05) is 13.7 Å². The van der Waals surface area contributed by atoms with Gasteiger partial charge in [0, 0.05) is 20.1 Å². The average Bonchev–Trinajstić information content (AvgIpc) is 2.35. The summed E-state index contributed by atoms with van der Waals surface area (Å²) in [7, 11) is 1.67. The van der Waals surface area contributed by atoms with Gasteiger partial charge < -0.3 is 15.8 Å². The van der Waals surface area contributed by atoms with Gasteiger partial charge >= 0.3 is 0 Å². The molecule has 0 saturated carbocycles. The van der Waals surface area contributed by atoms with Gasteiger partial charge in [0.2, 0.25) is 5.91 Å². The minimum atomic E-state index is 0.0487. The van der Waals surface area contributed by atoms with Gasteiger partial charge in [-0.3, -0.25) is 4.79 Å². The van der Waals surface area contributed by atoms with Crippen LogP contribution in [0.3, 0.4) is 0 Å².